The molecule has 3 nitrogen and oxygen atoms in total. The van der Waals surface area contributed by atoms with Crippen LogP contribution in [0.3, 0.4) is 0 Å². The number of nitrogens with one attached hydrogen (secondary N) is 1. The topological polar surface area (TPSA) is 49.3 Å². The molecule has 1 aliphatic rings. The Morgan fingerprint density at radius 2 is 2.75 bits per heavy atom. The van der Waals surface area contributed by atoms with Crippen LogP contribution in [0.25, 0.3) is 0 Å². The van der Waals surface area contributed by atoms with Gasteiger partial charge in [0.2, 0.25) is 0 Å². The van der Waals surface area contributed by atoms with Gasteiger partial charge in [0.15, 0.2) is 5.75 Å². The van der Waals surface area contributed by atoms with Crippen molar-refractivity contribution in [3.63, 3.8) is 0 Å². The summed E-state index contributed by atoms with van der Waals surface area (Å²) in [5.41, 5.74) is 0. The smallest absolute Gasteiger partial charge is 0.369 e. The van der Waals surface area contributed by atoms with Gasteiger partial charge in [-0.2, -0.15) is 0 Å². The van der Waals surface area contributed by atoms with E-state index in [0.717, 1.165) is 5.88 Å². The van der Waals surface area contributed by atoms with E-state index in [1.54, 1.807) is 5.75 Å². The molecule has 0 spiro atoms. The standard InChI is InChI=1S/C4H5NO2S/c6-4(7)3-1-8-2-5-3/h1,3,5H,2H2/p+1/t3-/m1/s1. The van der Waals surface area contributed by atoms with Crippen molar-refractivity contribution in [3.8, 4) is 0 Å². The SMILES string of the molecule is O=C(O)[C@H]1[CH+]SCN1. The Morgan fingerprint density at radius 3 is 3.00 bits per heavy atom. The molecule has 0 saturated carbocycles. The second-order valence-electron chi connectivity index (χ2n) is 1.47. The summed E-state index contributed by atoms with van der Waals surface area (Å²) in [5.74, 6) is 1.61. The summed E-state index contributed by atoms with van der Waals surface area (Å²) in [5, 5.41) is 11.1. The van der Waals surface area contributed by atoms with Crippen LogP contribution in [0.5, 0.6) is 0 Å². The molecule has 1 rings (SSSR count). The molecule has 0 aromatic heterocycles. The maximum atomic E-state index is 10.1. The number of rotatable bonds is 1. The van der Waals surface area contributed by atoms with Crippen LogP contribution in [-0.2, 0) is 4.79 Å². The molecule has 0 amide bonds. The van der Waals surface area contributed by atoms with Crippen molar-refractivity contribution in [2.75, 3.05) is 5.88 Å². The van der Waals surface area contributed by atoms with Gasteiger partial charge in [-0.1, -0.05) is 0 Å². The molecular weight excluding hydrogens is 126 g/mol. The lowest BCUT2D eigenvalue weighted by Gasteiger charge is -1.90. The van der Waals surface area contributed by atoms with Crippen molar-refractivity contribution in [3.05, 3.63) is 5.75 Å². The Labute approximate surface area is 51.5 Å². The Balaban J connectivity index is 2.35. The minimum absolute atomic E-state index is 0.431. The largest absolute Gasteiger partial charge is 0.477 e. The Hall–Kier alpha value is -0.350. The Bertz CT molecular complexity index is 100. The number of carboxylic acid groups (broad SMARTS) is 1. The van der Waals surface area contributed by atoms with Crippen LogP contribution in [0.2, 0.25) is 0 Å². The Kier molecular flexibility index (Phi) is 1.65. The average Bonchev–Trinajstić information content (AvgIpc) is 2.12. The number of thioether (sulfide) groups is 1. The van der Waals surface area contributed by atoms with Crippen LogP contribution in [0.15, 0.2) is 0 Å². The molecule has 1 aliphatic heterocycles. The molecule has 1 heterocycles. The summed E-state index contributed by atoms with van der Waals surface area (Å²) >= 11 is 1.49. The van der Waals surface area contributed by atoms with Gasteiger partial charge < -0.3 is 5.11 Å². The highest BCUT2D eigenvalue weighted by atomic mass is 32.2. The molecule has 1 atom stereocenters. The van der Waals surface area contributed by atoms with Crippen molar-refractivity contribution >= 4 is 17.7 Å². The molecule has 0 aliphatic carbocycles. The van der Waals surface area contributed by atoms with Crippen LogP contribution < -0.4 is 5.32 Å². The zero-order valence-corrected chi connectivity index (χ0v) is 4.94. The normalized spacial score (nSPS) is 27.2. The molecule has 0 aromatic carbocycles. The maximum Gasteiger partial charge on any atom is 0.369 e. The summed E-state index contributed by atoms with van der Waals surface area (Å²) < 4.78 is 0. The number of aliphatic carboxylic acids is 1. The first-order valence-electron chi connectivity index (χ1n) is 2.22. The predicted octanol–water partition coefficient (Wildman–Crippen LogP) is -0.105. The number of hydrogen-bond acceptors (Lipinski definition) is 3. The van der Waals surface area contributed by atoms with Gasteiger partial charge in [0.05, 0.1) is 17.6 Å². The van der Waals surface area contributed by atoms with E-state index in [2.05, 4.69) is 5.32 Å². The highest BCUT2D eigenvalue weighted by molar-refractivity contribution is 8.01. The average molecular weight is 132 g/mol. The van der Waals surface area contributed by atoms with Crippen molar-refractivity contribution in [2.45, 2.75) is 6.04 Å². The molecule has 1 saturated heterocycles. The van der Waals surface area contributed by atoms with Gasteiger partial charge in [-0.25, -0.2) is 4.79 Å². The van der Waals surface area contributed by atoms with Crippen molar-refractivity contribution < 1.29 is 9.90 Å². The summed E-state index contributed by atoms with van der Waals surface area (Å²) in [7, 11) is 0. The third-order valence-corrected chi connectivity index (χ3v) is 1.68. The van der Waals surface area contributed by atoms with E-state index in [0.29, 0.717) is 0 Å². The molecule has 2 N–H and O–H groups in total. The van der Waals surface area contributed by atoms with Crippen molar-refractivity contribution in [1.82, 2.24) is 5.32 Å². The van der Waals surface area contributed by atoms with E-state index in [1.807, 2.05) is 0 Å². The van der Waals surface area contributed by atoms with Crippen LogP contribution in [0, 0.1) is 5.75 Å². The van der Waals surface area contributed by atoms with Gasteiger partial charge in [0.1, 0.15) is 0 Å². The minimum Gasteiger partial charge on any atom is -0.477 e. The minimum atomic E-state index is -0.796. The van der Waals surface area contributed by atoms with Gasteiger partial charge >= 0.3 is 5.97 Å². The van der Waals surface area contributed by atoms with E-state index in [9.17, 15) is 4.79 Å². The van der Waals surface area contributed by atoms with E-state index in [-0.39, 0.29) is 0 Å². The summed E-state index contributed by atoms with van der Waals surface area (Å²) in [6, 6.07) is -0.431. The third kappa shape index (κ3) is 1.08. The lowest BCUT2D eigenvalue weighted by atomic mass is 10.4. The quantitative estimate of drug-likeness (QED) is 0.489. The Morgan fingerprint density at radius 1 is 2.00 bits per heavy atom. The fourth-order valence-electron chi connectivity index (χ4n) is 0.476. The van der Waals surface area contributed by atoms with E-state index in [4.69, 9.17) is 5.11 Å². The fraction of sp³-hybridized carbons (Fsp3) is 0.500. The molecule has 0 bridgehead atoms. The van der Waals surface area contributed by atoms with Crippen LogP contribution in [-0.4, -0.2) is 23.0 Å². The van der Waals surface area contributed by atoms with Crippen molar-refractivity contribution in [2.24, 2.45) is 0 Å². The zero-order chi connectivity index (χ0) is 5.98. The lowest BCUT2D eigenvalue weighted by Crippen LogP contribution is -2.30. The van der Waals surface area contributed by atoms with Gasteiger partial charge in [0.25, 0.3) is 6.04 Å². The second-order valence-corrected chi connectivity index (χ2v) is 2.36. The lowest BCUT2D eigenvalue weighted by molar-refractivity contribution is -0.138. The number of carbonyl (C=O) groups is 1. The monoisotopic (exact) mass is 132 g/mol. The zero-order valence-electron chi connectivity index (χ0n) is 4.13. The molecule has 0 aromatic rings. The molecule has 8 heavy (non-hydrogen) atoms. The van der Waals surface area contributed by atoms with Crippen LogP contribution in [0.4, 0.5) is 0 Å². The first-order valence-corrected chi connectivity index (χ1v) is 3.27. The van der Waals surface area contributed by atoms with Gasteiger partial charge in [-0.3, -0.25) is 5.32 Å². The van der Waals surface area contributed by atoms with Crippen LogP contribution in [0.1, 0.15) is 0 Å². The van der Waals surface area contributed by atoms with Crippen molar-refractivity contribution in [1.29, 1.82) is 0 Å². The van der Waals surface area contributed by atoms with E-state index in [1.165, 1.54) is 11.8 Å². The van der Waals surface area contributed by atoms with E-state index >= 15 is 0 Å². The molecular formula is C4H6NO2S+. The molecule has 4 heteroatoms. The molecule has 0 radical (unpaired) electrons. The second kappa shape index (κ2) is 2.28. The highest BCUT2D eigenvalue weighted by Crippen LogP contribution is 2.14. The highest BCUT2D eigenvalue weighted by Gasteiger charge is 2.31. The van der Waals surface area contributed by atoms with Gasteiger partial charge in [0, 0.05) is 0 Å². The van der Waals surface area contributed by atoms with E-state index < -0.39 is 12.0 Å². The summed E-state index contributed by atoms with van der Waals surface area (Å²) in [6.45, 7) is 0. The van der Waals surface area contributed by atoms with Gasteiger partial charge in [-0.05, 0) is 0 Å². The maximum absolute atomic E-state index is 10.1. The molecule has 1 fully saturated rings. The predicted molar refractivity (Wildman–Crippen MR) is 31.3 cm³/mol. The van der Waals surface area contributed by atoms with Crippen LogP contribution >= 0.6 is 11.8 Å². The first-order chi connectivity index (χ1) is 3.80. The third-order valence-electron chi connectivity index (χ3n) is 0.885. The number of hydrogen-bond donors (Lipinski definition) is 2. The first kappa shape index (κ1) is 5.78. The number of carboxylic acids is 1. The fourth-order valence-corrected chi connectivity index (χ4v) is 1.25. The molecule has 0 unspecified atom stereocenters. The molecule has 44 valence electrons. The summed E-state index contributed by atoms with van der Waals surface area (Å²) in [4.78, 5) is 10.1. The summed E-state index contributed by atoms with van der Waals surface area (Å²) in [6.07, 6.45) is 0. The van der Waals surface area contributed by atoms with Gasteiger partial charge in [-0.15, -0.1) is 0 Å².